The van der Waals surface area contributed by atoms with Gasteiger partial charge in [0.15, 0.2) is 0 Å². The molecule has 0 saturated heterocycles. The van der Waals surface area contributed by atoms with Gasteiger partial charge in [0.1, 0.15) is 0 Å². The third-order valence-corrected chi connectivity index (χ3v) is 5.38. The monoisotopic (exact) mass is 366 g/mol. The van der Waals surface area contributed by atoms with Crippen LogP contribution < -0.4 is 0 Å². The Morgan fingerprint density at radius 1 is 0.885 bits per heavy atom. The molecule has 0 aliphatic rings. The SMILES string of the molecule is [N-]=[N+]=NS(=O)(=O)N(CCc1ccc2ccccc2c1)Cc1ccccc1. The van der Waals surface area contributed by atoms with Crippen LogP contribution >= 0.6 is 0 Å². The Balaban J connectivity index is 1.81. The summed E-state index contributed by atoms with van der Waals surface area (Å²) in [7, 11) is -4.04. The van der Waals surface area contributed by atoms with Gasteiger partial charge in [-0.3, -0.25) is 0 Å². The lowest BCUT2D eigenvalue weighted by atomic mass is 10.1. The number of rotatable bonds is 7. The molecule has 26 heavy (non-hydrogen) atoms. The highest BCUT2D eigenvalue weighted by Crippen LogP contribution is 2.18. The van der Waals surface area contributed by atoms with E-state index in [2.05, 4.69) is 15.5 Å². The minimum Gasteiger partial charge on any atom is -0.204 e. The fraction of sp³-hybridized carbons (Fsp3) is 0.158. The molecule has 3 aromatic rings. The Bertz CT molecular complexity index is 1050. The number of fused-ring (bicyclic) bond motifs is 1. The zero-order chi connectivity index (χ0) is 18.4. The van der Waals surface area contributed by atoms with Crippen LogP contribution in [0.25, 0.3) is 21.2 Å². The maximum atomic E-state index is 12.3. The van der Waals surface area contributed by atoms with Crippen molar-refractivity contribution in [1.82, 2.24) is 4.31 Å². The van der Waals surface area contributed by atoms with Gasteiger partial charge in [-0.2, -0.15) is 4.31 Å². The van der Waals surface area contributed by atoms with Crippen LogP contribution in [0, 0.1) is 0 Å². The van der Waals surface area contributed by atoms with E-state index in [1.54, 1.807) is 0 Å². The lowest BCUT2D eigenvalue weighted by Gasteiger charge is -2.19. The van der Waals surface area contributed by atoms with E-state index in [0.29, 0.717) is 6.42 Å². The van der Waals surface area contributed by atoms with Crippen molar-refractivity contribution < 1.29 is 8.42 Å². The summed E-state index contributed by atoms with van der Waals surface area (Å²) in [5, 5.41) is 2.25. The van der Waals surface area contributed by atoms with Crippen LogP contribution in [-0.4, -0.2) is 19.3 Å². The van der Waals surface area contributed by atoms with E-state index >= 15 is 0 Å². The Labute approximate surface area is 152 Å². The minimum absolute atomic E-state index is 0.162. The van der Waals surface area contributed by atoms with Gasteiger partial charge in [-0.25, -0.2) is 8.42 Å². The summed E-state index contributed by atoms with van der Waals surface area (Å²) < 4.78 is 28.7. The number of azide groups is 1. The second-order valence-corrected chi connectivity index (χ2v) is 7.47. The molecule has 0 aromatic heterocycles. The fourth-order valence-corrected chi connectivity index (χ4v) is 3.64. The summed E-state index contributed by atoms with van der Waals surface area (Å²) >= 11 is 0. The van der Waals surface area contributed by atoms with Crippen LogP contribution in [0.1, 0.15) is 11.1 Å². The van der Waals surface area contributed by atoms with Gasteiger partial charge in [-0.1, -0.05) is 72.8 Å². The van der Waals surface area contributed by atoms with E-state index in [9.17, 15) is 8.42 Å². The van der Waals surface area contributed by atoms with Crippen LogP contribution in [-0.2, 0) is 23.2 Å². The first-order chi connectivity index (χ1) is 12.6. The summed E-state index contributed by atoms with van der Waals surface area (Å²) in [4.78, 5) is 2.46. The molecular formula is C19H18N4O2S. The van der Waals surface area contributed by atoms with E-state index in [4.69, 9.17) is 5.53 Å². The van der Waals surface area contributed by atoms with Gasteiger partial charge in [0.2, 0.25) is 0 Å². The molecule has 0 radical (unpaired) electrons. The molecule has 0 amide bonds. The fourth-order valence-electron chi connectivity index (χ4n) is 2.81. The van der Waals surface area contributed by atoms with Crippen molar-refractivity contribution in [3.63, 3.8) is 0 Å². The van der Waals surface area contributed by atoms with E-state index in [1.165, 1.54) is 4.31 Å². The summed E-state index contributed by atoms with van der Waals surface area (Å²) in [6.07, 6.45) is 0.526. The highest BCUT2D eigenvalue weighted by molar-refractivity contribution is 7.87. The van der Waals surface area contributed by atoms with E-state index in [1.807, 2.05) is 66.7 Å². The molecule has 0 aliphatic heterocycles. The molecule has 0 N–H and O–H groups in total. The van der Waals surface area contributed by atoms with Crippen LogP contribution in [0.2, 0.25) is 0 Å². The number of hydrogen-bond acceptors (Lipinski definition) is 2. The Morgan fingerprint density at radius 2 is 1.58 bits per heavy atom. The van der Waals surface area contributed by atoms with E-state index in [-0.39, 0.29) is 13.1 Å². The van der Waals surface area contributed by atoms with Crippen molar-refractivity contribution >= 4 is 21.0 Å². The first kappa shape index (κ1) is 17.9. The number of nitrogens with zero attached hydrogens (tertiary/aromatic N) is 4. The van der Waals surface area contributed by atoms with Gasteiger partial charge in [-0.15, -0.1) is 0 Å². The van der Waals surface area contributed by atoms with Gasteiger partial charge in [0.05, 0.1) is 0 Å². The number of benzene rings is 3. The molecule has 0 spiro atoms. The molecule has 0 unspecified atom stereocenters. The molecule has 6 nitrogen and oxygen atoms in total. The number of hydrogen-bond donors (Lipinski definition) is 0. The van der Waals surface area contributed by atoms with Gasteiger partial charge in [-0.05, 0) is 33.9 Å². The molecule has 3 rings (SSSR count). The molecule has 0 aliphatic carbocycles. The van der Waals surface area contributed by atoms with Gasteiger partial charge < -0.3 is 0 Å². The van der Waals surface area contributed by atoms with E-state index in [0.717, 1.165) is 21.9 Å². The topological polar surface area (TPSA) is 86.1 Å². The van der Waals surface area contributed by atoms with Crippen molar-refractivity contribution in [2.24, 2.45) is 4.52 Å². The normalized spacial score (nSPS) is 11.4. The third-order valence-electron chi connectivity index (χ3n) is 4.13. The predicted molar refractivity (Wildman–Crippen MR) is 103 cm³/mol. The Hall–Kier alpha value is -2.86. The molecule has 7 heteroatoms. The van der Waals surface area contributed by atoms with Crippen molar-refractivity contribution in [2.45, 2.75) is 13.0 Å². The standard InChI is InChI=1S/C19H18N4O2S/c20-21-22-26(24,25)23(15-17-6-2-1-3-7-17)13-12-16-10-11-18-8-4-5-9-19(18)14-16/h1-11,14H,12-13,15H2. The summed E-state index contributed by atoms with van der Waals surface area (Å²) in [5.74, 6) is 0. The lowest BCUT2D eigenvalue weighted by Crippen LogP contribution is -2.30. The summed E-state index contributed by atoms with van der Waals surface area (Å²) in [6, 6.07) is 23.3. The van der Waals surface area contributed by atoms with Crippen LogP contribution in [0.15, 0.2) is 77.3 Å². The van der Waals surface area contributed by atoms with Crippen molar-refractivity contribution in [1.29, 1.82) is 0 Å². The average molecular weight is 366 g/mol. The molecule has 132 valence electrons. The van der Waals surface area contributed by atoms with Gasteiger partial charge >= 0.3 is 10.2 Å². The van der Waals surface area contributed by atoms with E-state index < -0.39 is 10.2 Å². The molecular weight excluding hydrogens is 348 g/mol. The minimum atomic E-state index is -4.04. The third kappa shape index (κ3) is 4.40. The summed E-state index contributed by atoms with van der Waals surface area (Å²) in [6.45, 7) is 0.393. The second-order valence-electron chi connectivity index (χ2n) is 5.90. The maximum absolute atomic E-state index is 12.3. The summed E-state index contributed by atoms with van der Waals surface area (Å²) in [5.41, 5.74) is 10.4. The van der Waals surface area contributed by atoms with Crippen LogP contribution in [0.4, 0.5) is 0 Å². The first-order valence-corrected chi connectivity index (χ1v) is 9.56. The zero-order valence-electron chi connectivity index (χ0n) is 14.1. The predicted octanol–water partition coefficient (Wildman–Crippen LogP) is 4.44. The smallest absolute Gasteiger partial charge is 0.204 e. The molecule has 0 fully saturated rings. The first-order valence-electron chi connectivity index (χ1n) is 8.16. The lowest BCUT2D eigenvalue weighted by molar-refractivity contribution is 0.410. The van der Waals surface area contributed by atoms with Crippen molar-refractivity contribution in [2.75, 3.05) is 6.54 Å². The molecule has 0 bridgehead atoms. The maximum Gasteiger partial charge on any atom is 0.302 e. The van der Waals surface area contributed by atoms with Crippen molar-refractivity contribution in [3.8, 4) is 0 Å². The van der Waals surface area contributed by atoms with Crippen LogP contribution in [0.5, 0.6) is 0 Å². The molecule has 3 aromatic carbocycles. The average Bonchev–Trinajstić information content (AvgIpc) is 2.65. The van der Waals surface area contributed by atoms with Crippen molar-refractivity contribution in [3.05, 3.63) is 94.4 Å². The Kier molecular flexibility index (Phi) is 5.53. The van der Waals surface area contributed by atoms with Crippen LogP contribution in [0.3, 0.4) is 0 Å². The van der Waals surface area contributed by atoms with Gasteiger partial charge in [0, 0.05) is 22.5 Å². The largest absolute Gasteiger partial charge is 0.302 e. The second kappa shape index (κ2) is 8.01. The molecule has 0 heterocycles. The molecule has 0 atom stereocenters. The highest BCUT2D eigenvalue weighted by Gasteiger charge is 2.20. The molecule has 0 saturated carbocycles. The van der Waals surface area contributed by atoms with Gasteiger partial charge in [0.25, 0.3) is 0 Å². The quantitative estimate of drug-likeness (QED) is 0.352. The zero-order valence-corrected chi connectivity index (χ0v) is 14.9. The Morgan fingerprint density at radius 3 is 2.31 bits per heavy atom. The highest BCUT2D eigenvalue weighted by atomic mass is 32.2.